The molecule has 0 fully saturated rings. The van der Waals surface area contributed by atoms with Gasteiger partial charge in [-0.3, -0.25) is 0 Å². The molecular weight excluding hydrogens is 437 g/mol. The molecule has 0 heterocycles. The predicted molar refractivity (Wildman–Crippen MR) is 121 cm³/mol. The Morgan fingerprint density at radius 1 is 1.03 bits per heavy atom. The molecule has 3 aromatic carbocycles. The third kappa shape index (κ3) is 6.02. The van der Waals surface area contributed by atoms with Gasteiger partial charge in [0.2, 0.25) is 0 Å². The fourth-order valence-electron chi connectivity index (χ4n) is 2.76. The second-order valence-electron chi connectivity index (χ2n) is 6.28. The van der Waals surface area contributed by atoms with Crippen LogP contribution in [0.3, 0.4) is 0 Å². The van der Waals surface area contributed by atoms with Gasteiger partial charge in [-0.05, 0) is 54.1 Å². The van der Waals surface area contributed by atoms with Crippen molar-refractivity contribution < 1.29 is 19.0 Å². The van der Waals surface area contributed by atoms with Crippen LogP contribution in [0.2, 0.25) is 10.0 Å². The Morgan fingerprint density at radius 3 is 2.58 bits per heavy atom. The maximum atomic E-state index is 12.2. The van der Waals surface area contributed by atoms with E-state index in [2.05, 4.69) is 6.07 Å². The van der Waals surface area contributed by atoms with Crippen LogP contribution in [0.15, 0.2) is 66.7 Å². The summed E-state index contributed by atoms with van der Waals surface area (Å²) in [6, 6.07) is 20.9. The van der Waals surface area contributed by atoms with Gasteiger partial charge in [0.25, 0.3) is 0 Å². The summed E-state index contributed by atoms with van der Waals surface area (Å²) in [4.78, 5) is 12.2. The predicted octanol–water partition coefficient (Wildman–Crippen LogP) is 6.05. The fourth-order valence-corrected chi connectivity index (χ4v) is 3.22. The van der Waals surface area contributed by atoms with Crippen LogP contribution in [0.1, 0.15) is 11.1 Å². The van der Waals surface area contributed by atoms with Gasteiger partial charge in [0, 0.05) is 10.6 Å². The third-order valence-corrected chi connectivity index (χ3v) is 4.69. The second-order valence-corrected chi connectivity index (χ2v) is 7.12. The minimum absolute atomic E-state index is 0.299. The summed E-state index contributed by atoms with van der Waals surface area (Å²) in [6.07, 6.45) is 1.69. The highest BCUT2D eigenvalue weighted by atomic mass is 35.5. The lowest BCUT2D eigenvalue weighted by Gasteiger charge is -2.09. The first kappa shape index (κ1) is 22.2. The SMILES string of the molecule is COc1ccccc1/C(C#N)=C\c1cccc(OC(=O)COc2ccc(Cl)cc2Cl)c1. The highest BCUT2D eigenvalue weighted by Gasteiger charge is 2.11. The summed E-state index contributed by atoms with van der Waals surface area (Å²) < 4.78 is 16.1. The number of allylic oxidation sites excluding steroid dienone is 1. The number of rotatable bonds is 7. The molecule has 0 bridgehead atoms. The van der Waals surface area contributed by atoms with Gasteiger partial charge in [-0.15, -0.1) is 0 Å². The van der Waals surface area contributed by atoms with Crippen LogP contribution >= 0.6 is 23.2 Å². The van der Waals surface area contributed by atoms with Gasteiger partial charge in [-0.25, -0.2) is 4.79 Å². The lowest BCUT2D eigenvalue weighted by Crippen LogP contribution is -2.17. The lowest BCUT2D eigenvalue weighted by molar-refractivity contribution is -0.136. The van der Waals surface area contributed by atoms with Crippen LogP contribution in [-0.2, 0) is 4.79 Å². The highest BCUT2D eigenvalue weighted by molar-refractivity contribution is 6.35. The van der Waals surface area contributed by atoms with Gasteiger partial charge >= 0.3 is 5.97 Å². The topological polar surface area (TPSA) is 68.5 Å². The number of esters is 1. The van der Waals surface area contributed by atoms with Crippen LogP contribution in [0, 0.1) is 11.3 Å². The quantitative estimate of drug-likeness (QED) is 0.188. The van der Waals surface area contributed by atoms with Crippen molar-refractivity contribution in [3.8, 4) is 23.3 Å². The van der Waals surface area contributed by atoms with Crippen molar-refractivity contribution in [2.45, 2.75) is 0 Å². The smallest absolute Gasteiger partial charge is 0.349 e. The molecule has 7 heteroatoms. The molecule has 5 nitrogen and oxygen atoms in total. The first-order chi connectivity index (χ1) is 15.0. The van der Waals surface area contributed by atoms with E-state index in [1.807, 2.05) is 12.1 Å². The molecule has 0 unspecified atom stereocenters. The molecule has 0 saturated carbocycles. The molecule has 0 aromatic heterocycles. The average Bonchev–Trinajstić information content (AvgIpc) is 2.77. The molecule has 0 saturated heterocycles. The second kappa shape index (κ2) is 10.5. The number of ether oxygens (including phenoxy) is 3. The van der Waals surface area contributed by atoms with Crippen molar-refractivity contribution in [3.05, 3.63) is 87.9 Å². The van der Waals surface area contributed by atoms with Gasteiger partial charge in [0.15, 0.2) is 6.61 Å². The van der Waals surface area contributed by atoms with Crippen LogP contribution in [-0.4, -0.2) is 19.7 Å². The number of carbonyl (C=O) groups is 1. The van der Waals surface area contributed by atoms with Gasteiger partial charge in [-0.2, -0.15) is 5.26 Å². The molecule has 31 heavy (non-hydrogen) atoms. The van der Waals surface area contributed by atoms with E-state index in [1.54, 1.807) is 61.7 Å². The molecule has 0 aliphatic heterocycles. The highest BCUT2D eigenvalue weighted by Crippen LogP contribution is 2.29. The van der Waals surface area contributed by atoms with Crippen molar-refractivity contribution >= 4 is 40.8 Å². The first-order valence-electron chi connectivity index (χ1n) is 9.14. The van der Waals surface area contributed by atoms with Gasteiger partial charge in [-0.1, -0.05) is 47.5 Å². The molecule has 0 spiro atoms. The zero-order chi connectivity index (χ0) is 22.2. The van der Waals surface area contributed by atoms with Crippen molar-refractivity contribution in [1.29, 1.82) is 5.26 Å². The summed E-state index contributed by atoms with van der Waals surface area (Å²) in [6.45, 7) is -0.327. The number of para-hydroxylation sites is 1. The van der Waals surface area contributed by atoms with Crippen LogP contribution in [0.25, 0.3) is 11.6 Å². The van der Waals surface area contributed by atoms with Crippen LogP contribution < -0.4 is 14.2 Å². The number of nitriles is 1. The lowest BCUT2D eigenvalue weighted by atomic mass is 10.0. The number of hydrogen-bond acceptors (Lipinski definition) is 5. The molecule has 156 valence electrons. The fraction of sp³-hybridized carbons (Fsp3) is 0.0833. The number of halogens is 2. The van der Waals surface area contributed by atoms with Gasteiger partial charge < -0.3 is 14.2 Å². The summed E-state index contributed by atoms with van der Waals surface area (Å²) in [5.41, 5.74) is 1.78. The zero-order valence-electron chi connectivity index (χ0n) is 16.5. The Kier molecular flexibility index (Phi) is 7.55. The number of hydrogen-bond donors (Lipinski definition) is 0. The normalized spacial score (nSPS) is 10.8. The Bertz CT molecular complexity index is 1170. The zero-order valence-corrected chi connectivity index (χ0v) is 18.0. The largest absolute Gasteiger partial charge is 0.496 e. The molecule has 0 radical (unpaired) electrons. The Hall–Kier alpha value is -3.46. The monoisotopic (exact) mass is 453 g/mol. The summed E-state index contributed by atoms with van der Waals surface area (Å²) in [7, 11) is 1.55. The number of benzene rings is 3. The molecule has 3 rings (SSSR count). The Morgan fingerprint density at radius 2 is 1.84 bits per heavy atom. The summed E-state index contributed by atoms with van der Waals surface area (Å²) in [5.74, 6) is 0.644. The van der Waals surface area contributed by atoms with Crippen LogP contribution in [0.4, 0.5) is 0 Å². The van der Waals surface area contributed by atoms with E-state index in [1.165, 1.54) is 6.07 Å². The van der Waals surface area contributed by atoms with E-state index in [0.29, 0.717) is 44.0 Å². The molecule has 0 aliphatic rings. The standard InChI is InChI=1S/C24H17Cl2NO4/c1-29-22-8-3-2-7-20(22)17(14-27)11-16-5-4-6-19(12-16)31-24(28)15-30-23-10-9-18(25)13-21(23)26/h2-13H,15H2,1H3/b17-11-. The van der Waals surface area contributed by atoms with Crippen molar-refractivity contribution in [1.82, 2.24) is 0 Å². The summed E-state index contributed by atoms with van der Waals surface area (Å²) >= 11 is 11.9. The van der Waals surface area contributed by atoms with Gasteiger partial charge in [0.05, 0.1) is 23.8 Å². The first-order valence-corrected chi connectivity index (χ1v) is 9.89. The minimum atomic E-state index is -0.600. The van der Waals surface area contributed by atoms with E-state index in [-0.39, 0.29) is 6.61 Å². The van der Waals surface area contributed by atoms with Crippen LogP contribution in [0.5, 0.6) is 17.2 Å². The van der Waals surface area contributed by atoms with Crippen molar-refractivity contribution in [2.75, 3.05) is 13.7 Å². The van der Waals surface area contributed by atoms with E-state index in [0.717, 1.165) is 0 Å². The van der Waals surface area contributed by atoms with E-state index >= 15 is 0 Å². The maximum absolute atomic E-state index is 12.2. The van der Waals surface area contributed by atoms with E-state index in [9.17, 15) is 10.1 Å². The molecule has 0 N–H and O–H groups in total. The average molecular weight is 454 g/mol. The molecule has 3 aromatic rings. The van der Waals surface area contributed by atoms with E-state index < -0.39 is 5.97 Å². The molecular formula is C24H17Cl2NO4. The number of methoxy groups -OCH3 is 1. The summed E-state index contributed by atoms with van der Waals surface area (Å²) in [5, 5.41) is 10.4. The molecule has 0 amide bonds. The Labute approximate surface area is 190 Å². The number of nitrogens with zero attached hydrogens (tertiary/aromatic N) is 1. The molecule has 0 atom stereocenters. The van der Waals surface area contributed by atoms with Gasteiger partial charge in [0.1, 0.15) is 17.2 Å². The van der Waals surface area contributed by atoms with E-state index in [4.69, 9.17) is 37.4 Å². The number of carbonyl (C=O) groups excluding carboxylic acids is 1. The molecule has 0 aliphatic carbocycles. The maximum Gasteiger partial charge on any atom is 0.349 e. The minimum Gasteiger partial charge on any atom is -0.496 e. The third-order valence-electron chi connectivity index (χ3n) is 4.16. The van der Waals surface area contributed by atoms with Crippen molar-refractivity contribution in [3.63, 3.8) is 0 Å². The Balaban J connectivity index is 1.71. The van der Waals surface area contributed by atoms with Crippen molar-refractivity contribution in [2.24, 2.45) is 0 Å².